The Balaban J connectivity index is 1.47. The number of hydrogen-bond donors (Lipinski definition) is 1. The maximum absolute atomic E-state index is 14.6. The predicted molar refractivity (Wildman–Crippen MR) is 143 cm³/mol. The lowest BCUT2D eigenvalue weighted by Gasteiger charge is -2.41. The number of likely N-dealkylation sites (tertiary alicyclic amines) is 1. The summed E-state index contributed by atoms with van der Waals surface area (Å²) in [7, 11) is 0. The number of fused-ring (bicyclic) bond motifs is 2. The van der Waals surface area contributed by atoms with E-state index < -0.39 is 41.6 Å². The summed E-state index contributed by atoms with van der Waals surface area (Å²) in [5.41, 5.74) is -0.592. The largest absolute Gasteiger partial charge is 0.465 e. The van der Waals surface area contributed by atoms with Crippen molar-refractivity contribution in [3.8, 4) is 0 Å². The number of rotatable bonds is 4. The minimum Gasteiger partial charge on any atom is -0.465 e. The molecule has 5 aliphatic rings. The van der Waals surface area contributed by atoms with Crippen LogP contribution in [0.3, 0.4) is 0 Å². The summed E-state index contributed by atoms with van der Waals surface area (Å²) < 4.78 is 12.4. The van der Waals surface area contributed by atoms with Crippen molar-refractivity contribution in [1.29, 1.82) is 0 Å². The van der Waals surface area contributed by atoms with Crippen molar-refractivity contribution >= 4 is 17.8 Å². The van der Waals surface area contributed by atoms with E-state index in [1.165, 1.54) is 4.90 Å². The molecule has 1 aromatic rings. The van der Waals surface area contributed by atoms with Crippen molar-refractivity contribution in [3.05, 3.63) is 60.2 Å². The van der Waals surface area contributed by atoms with Crippen LogP contribution in [0.4, 0.5) is 0 Å². The van der Waals surface area contributed by atoms with Crippen LogP contribution in [0.5, 0.6) is 0 Å². The highest BCUT2D eigenvalue weighted by Gasteiger charge is 2.72. The minimum atomic E-state index is -1.33. The number of cyclic esters (lactones) is 1. The smallest absolute Gasteiger partial charge is 0.312 e. The van der Waals surface area contributed by atoms with Crippen molar-refractivity contribution in [2.75, 3.05) is 19.8 Å². The Kier molecular flexibility index (Phi) is 7.33. The SMILES string of the molecule is O=C1OCCCC/C=C\[C@@H]2O[C@]34C=CCN(C5CCCCC5)C(=O)C3N([C@H](CO)c3ccccc3)C(=O)[C@@H]4[C@H]12. The predicted octanol–water partition coefficient (Wildman–Crippen LogP) is 3.32. The standard InChI is InChI=1S/C31H38N2O6/c34-20-23(21-12-5-3-6-13-21)33-27-29(36)32(22-14-7-4-8-15-22)18-11-17-31(27)26(28(33)35)25-24(39-31)16-9-1-2-10-19-38-30(25)37/h3,5-6,9,11-13,16-17,22-27,34H,1-2,4,7-8,10,14-15,18-20H2/b16-9-/t23-,24+,25-,26+,27?,31+/m1/s1. The Hall–Kier alpha value is -2.97. The second-order valence-electron chi connectivity index (χ2n) is 11.5. The third-order valence-corrected chi connectivity index (χ3v) is 9.28. The molecule has 8 heteroatoms. The maximum Gasteiger partial charge on any atom is 0.312 e. The first kappa shape index (κ1) is 26.3. The molecule has 1 N–H and O–H groups in total. The molecule has 1 saturated carbocycles. The molecule has 0 aromatic heterocycles. The van der Waals surface area contributed by atoms with Gasteiger partial charge in [-0.2, -0.15) is 0 Å². The molecule has 8 nitrogen and oxygen atoms in total. The van der Waals surface area contributed by atoms with Crippen LogP contribution in [0.1, 0.15) is 63.0 Å². The average molecular weight is 535 g/mol. The fourth-order valence-electron chi connectivity index (χ4n) is 7.46. The van der Waals surface area contributed by atoms with Gasteiger partial charge in [-0.05, 0) is 37.7 Å². The van der Waals surface area contributed by atoms with Gasteiger partial charge in [0.1, 0.15) is 17.6 Å². The van der Waals surface area contributed by atoms with Crippen LogP contribution in [0.25, 0.3) is 0 Å². The lowest BCUT2D eigenvalue weighted by atomic mass is 9.77. The van der Waals surface area contributed by atoms with Crippen LogP contribution in [0.2, 0.25) is 0 Å². The van der Waals surface area contributed by atoms with E-state index in [4.69, 9.17) is 9.47 Å². The molecule has 0 bridgehead atoms. The first-order chi connectivity index (χ1) is 19.1. The zero-order valence-corrected chi connectivity index (χ0v) is 22.3. The summed E-state index contributed by atoms with van der Waals surface area (Å²) in [6.45, 7) is 0.378. The van der Waals surface area contributed by atoms with Crippen LogP contribution in [0.15, 0.2) is 54.6 Å². The fourth-order valence-corrected chi connectivity index (χ4v) is 7.46. The summed E-state index contributed by atoms with van der Waals surface area (Å²) in [4.78, 5) is 46.0. The zero-order chi connectivity index (χ0) is 27.0. The summed E-state index contributed by atoms with van der Waals surface area (Å²) in [6.07, 6.45) is 14.7. The van der Waals surface area contributed by atoms with Crippen LogP contribution in [-0.4, -0.2) is 76.2 Å². The van der Waals surface area contributed by atoms with E-state index in [1.54, 1.807) is 0 Å². The number of amides is 2. The van der Waals surface area contributed by atoms with E-state index in [0.717, 1.165) is 56.9 Å². The van der Waals surface area contributed by atoms with Gasteiger partial charge >= 0.3 is 5.97 Å². The molecule has 3 fully saturated rings. The molecule has 2 saturated heterocycles. The molecule has 1 aromatic carbocycles. The molecular formula is C31H38N2O6. The van der Waals surface area contributed by atoms with Gasteiger partial charge in [0.25, 0.3) is 0 Å². The Morgan fingerprint density at radius 1 is 0.974 bits per heavy atom. The van der Waals surface area contributed by atoms with E-state index in [9.17, 15) is 19.5 Å². The molecule has 208 valence electrons. The number of allylic oxidation sites excluding steroid dienone is 1. The molecule has 1 spiro atoms. The number of aliphatic hydroxyl groups is 1. The van der Waals surface area contributed by atoms with Crippen LogP contribution in [0, 0.1) is 11.8 Å². The van der Waals surface area contributed by atoms with E-state index in [-0.39, 0.29) is 24.5 Å². The number of ether oxygens (including phenoxy) is 2. The van der Waals surface area contributed by atoms with Gasteiger partial charge in [0.15, 0.2) is 0 Å². The number of carbonyl (C=O) groups excluding carboxylic acids is 3. The molecule has 6 atom stereocenters. The van der Waals surface area contributed by atoms with Gasteiger partial charge in [-0.15, -0.1) is 0 Å². The third-order valence-electron chi connectivity index (χ3n) is 9.28. The summed E-state index contributed by atoms with van der Waals surface area (Å²) in [6, 6.07) is 7.65. The molecule has 4 heterocycles. The quantitative estimate of drug-likeness (QED) is 0.470. The highest BCUT2D eigenvalue weighted by Crippen LogP contribution is 2.55. The van der Waals surface area contributed by atoms with Gasteiger partial charge < -0.3 is 24.4 Å². The molecule has 1 unspecified atom stereocenters. The number of benzene rings is 1. The first-order valence-corrected chi connectivity index (χ1v) is 14.5. The molecule has 4 aliphatic heterocycles. The monoisotopic (exact) mass is 534 g/mol. The molecule has 2 amide bonds. The lowest BCUT2D eigenvalue weighted by Crippen LogP contribution is -2.58. The summed E-state index contributed by atoms with van der Waals surface area (Å²) in [5.74, 6) is -2.77. The first-order valence-electron chi connectivity index (χ1n) is 14.5. The highest BCUT2D eigenvalue weighted by molar-refractivity contribution is 5.99. The van der Waals surface area contributed by atoms with Gasteiger partial charge in [-0.25, -0.2) is 0 Å². The third kappa shape index (κ3) is 4.42. The van der Waals surface area contributed by atoms with Gasteiger partial charge in [-0.3, -0.25) is 14.4 Å². The normalized spacial score (nSPS) is 35.1. The Morgan fingerprint density at radius 2 is 1.77 bits per heavy atom. The van der Waals surface area contributed by atoms with Crippen LogP contribution >= 0.6 is 0 Å². The zero-order valence-electron chi connectivity index (χ0n) is 22.3. The molecule has 0 radical (unpaired) electrons. The fraction of sp³-hybridized carbons (Fsp3) is 0.581. The second kappa shape index (κ2) is 10.9. The van der Waals surface area contributed by atoms with Gasteiger partial charge in [0.05, 0.1) is 31.3 Å². The molecular weight excluding hydrogens is 496 g/mol. The van der Waals surface area contributed by atoms with Crippen molar-refractivity contribution < 1.29 is 29.0 Å². The topological polar surface area (TPSA) is 96.4 Å². The van der Waals surface area contributed by atoms with Crippen molar-refractivity contribution in [3.63, 3.8) is 0 Å². The highest BCUT2D eigenvalue weighted by atomic mass is 16.6. The Labute approximate surface area is 229 Å². The van der Waals surface area contributed by atoms with E-state index in [1.807, 2.05) is 59.5 Å². The number of esters is 1. The second-order valence-corrected chi connectivity index (χ2v) is 11.5. The molecule has 1 aliphatic carbocycles. The van der Waals surface area contributed by atoms with Crippen LogP contribution < -0.4 is 0 Å². The van der Waals surface area contributed by atoms with E-state index in [0.29, 0.717) is 13.2 Å². The van der Waals surface area contributed by atoms with Crippen molar-refractivity contribution in [2.45, 2.75) is 81.2 Å². The van der Waals surface area contributed by atoms with Crippen LogP contribution in [-0.2, 0) is 23.9 Å². The minimum absolute atomic E-state index is 0.0957. The summed E-state index contributed by atoms with van der Waals surface area (Å²) >= 11 is 0. The molecule has 39 heavy (non-hydrogen) atoms. The van der Waals surface area contributed by atoms with Gasteiger partial charge in [0, 0.05) is 12.6 Å². The number of nitrogens with zero attached hydrogens (tertiary/aromatic N) is 2. The number of carbonyl (C=O) groups is 3. The lowest BCUT2D eigenvalue weighted by molar-refractivity contribution is -0.157. The Bertz CT molecular complexity index is 1140. The van der Waals surface area contributed by atoms with Gasteiger partial charge in [0.2, 0.25) is 11.8 Å². The number of hydrogen-bond acceptors (Lipinski definition) is 6. The van der Waals surface area contributed by atoms with E-state index >= 15 is 0 Å². The van der Waals surface area contributed by atoms with Gasteiger partial charge in [-0.1, -0.05) is 73.9 Å². The Morgan fingerprint density at radius 3 is 2.54 bits per heavy atom. The maximum atomic E-state index is 14.6. The summed E-state index contributed by atoms with van der Waals surface area (Å²) in [5, 5.41) is 10.6. The van der Waals surface area contributed by atoms with Crippen molar-refractivity contribution in [1.82, 2.24) is 9.80 Å². The average Bonchev–Trinajstić information content (AvgIpc) is 3.35. The van der Waals surface area contributed by atoms with Crippen molar-refractivity contribution in [2.24, 2.45) is 11.8 Å². The van der Waals surface area contributed by atoms with E-state index in [2.05, 4.69) is 0 Å². The molecule has 6 rings (SSSR count). The number of aliphatic hydroxyl groups excluding tert-OH is 1.